The first-order valence-corrected chi connectivity index (χ1v) is 12.1. The fraction of sp³-hybridized carbons (Fsp3) is 0.720. The number of carbonyl (C=O) groups is 1. The van der Waals surface area contributed by atoms with Crippen molar-refractivity contribution in [1.29, 1.82) is 0 Å². The molecule has 3 N–H and O–H groups in total. The molecule has 2 heterocycles. The van der Waals surface area contributed by atoms with Crippen LogP contribution in [0, 0.1) is 23.7 Å². The van der Waals surface area contributed by atoms with Crippen molar-refractivity contribution >= 4 is 17.3 Å². The molecule has 0 spiro atoms. The zero-order chi connectivity index (χ0) is 19.4. The van der Waals surface area contributed by atoms with E-state index in [2.05, 4.69) is 34.1 Å². The monoisotopic (exact) mass is 393 g/mol. The van der Waals surface area contributed by atoms with Gasteiger partial charge in [0.15, 0.2) is 0 Å². The molecule has 4 heteroatoms. The van der Waals surface area contributed by atoms with E-state index in [9.17, 15) is 4.79 Å². The van der Waals surface area contributed by atoms with Gasteiger partial charge < -0.3 is 16.0 Å². The molecule has 4 saturated carbocycles. The largest absolute Gasteiger partial charge is 0.378 e. The van der Waals surface area contributed by atoms with Crippen LogP contribution in [0.4, 0.5) is 11.4 Å². The highest BCUT2D eigenvalue weighted by molar-refractivity contribution is 5.94. The third-order valence-electron chi connectivity index (χ3n) is 8.68. The number of piperidine rings is 1. The normalized spacial score (nSPS) is 42.1. The van der Waals surface area contributed by atoms with Gasteiger partial charge in [0.2, 0.25) is 5.91 Å². The first kappa shape index (κ1) is 18.2. The number of rotatable bonds is 5. The molecule has 29 heavy (non-hydrogen) atoms. The summed E-state index contributed by atoms with van der Waals surface area (Å²) in [5.41, 5.74) is 2.38. The van der Waals surface area contributed by atoms with Gasteiger partial charge in [-0.2, -0.15) is 0 Å². The number of hydrogen-bond donors (Lipinski definition) is 3. The van der Waals surface area contributed by atoms with Crippen LogP contribution in [0.5, 0.6) is 0 Å². The van der Waals surface area contributed by atoms with E-state index in [0.717, 1.165) is 42.0 Å². The van der Waals surface area contributed by atoms with Gasteiger partial charge in [-0.1, -0.05) is 12.1 Å². The molecule has 1 aromatic carbocycles. The zero-order valence-corrected chi connectivity index (χ0v) is 17.5. The molecule has 7 rings (SSSR count). The standard InChI is InChI=1S/C25H35N3O/c29-24(12-16-10-20-5-6-21(11-16)26-20)27-22-3-1-2-4-23(22)28-25-13-17-7-18(14-25)9-19(8-17)15-25/h1-4,16-21,26,28H,5-15H2,(H,27,29). The summed E-state index contributed by atoms with van der Waals surface area (Å²) < 4.78 is 0. The highest BCUT2D eigenvalue weighted by Gasteiger charge is 2.51. The second-order valence-electron chi connectivity index (χ2n) is 11.1. The third kappa shape index (κ3) is 3.58. The van der Waals surface area contributed by atoms with Crippen LogP contribution in [-0.2, 0) is 4.79 Å². The first-order valence-electron chi connectivity index (χ1n) is 12.1. The molecular weight excluding hydrogens is 358 g/mol. The van der Waals surface area contributed by atoms with Crippen LogP contribution in [0.15, 0.2) is 24.3 Å². The molecule has 2 atom stereocenters. The van der Waals surface area contributed by atoms with Crippen molar-refractivity contribution in [2.24, 2.45) is 23.7 Å². The van der Waals surface area contributed by atoms with Crippen LogP contribution in [0.25, 0.3) is 0 Å². The molecule has 0 radical (unpaired) electrons. The van der Waals surface area contributed by atoms with Crippen molar-refractivity contribution in [3.63, 3.8) is 0 Å². The summed E-state index contributed by atoms with van der Waals surface area (Å²) in [7, 11) is 0. The van der Waals surface area contributed by atoms with Gasteiger partial charge in [-0.25, -0.2) is 0 Å². The lowest BCUT2D eigenvalue weighted by molar-refractivity contribution is -0.117. The van der Waals surface area contributed by atoms with Crippen molar-refractivity contribution in [2.75, 3.05) is 10.6 Å². The van der Waals surface area contributed by atoms with E-state index >= 15 is 0 Å². The summed E-state index contributed by atoms with van der Waals surface area (Å²) in [6, 6.07) is 9.69. The first-order chi connectivity index (χ1) is 14.1. The Kier molecular flexibility index (Phi) is 4.41. The molecule has 2 unspecified atom stereocenters. The highest BCUT2D eigenvalue weighted by Crippen LogP contribution is 2.56. The number of para-hydroxylation sites is 2. The Morgan fingerprint density at radius 1 is 0.897 bits per heavy atom. The van der Waals surface area contributed by atoms with E-state index in [1.165, 1.54) is 51.4 Å². The Labute approximate surface area is 174 Å². The average molecular weight is 394 g/mol. The maximum atomic E-state index is 12.9. The van der Waals surface area contributed by atoms with Gasteiger partial charge in [0.1, 0.15) is 0 Å². The summed E-state index contributed by atoms with van der Waals surface area (Å²) in [5.74, 6) is 3.50. The molecule has 4 nitrogen and oxygen atoms in total. The van der Waals surface area contributed by atoms with Gasteiger partial charge in [0, 0.05) is 24.0 Å². The Balaban J connectivity index is 1.14. The smallest absolute Gasteiger partial charge is 0.224 e. The molecule has 6 fully saturated rings. The van der Waals surface area contributed by atoms with Crippen molar-refractivity contribution in [3.8, 4) is 0 Å². The van der Waals surface area contributed by atoms with E-state index in [4.69, 9.17) is 0 Å². The predicted molar refractivity (Wildman–Crippen MR) is 117 cm³/mol. The molecule has 4 aliphatic carbocycles. The molecule has 6 aliphatic rings. The summed E-state index contributed by atoms with van der Waals surface area (Å²) in [6.07, 6.45) is 13.9. The van der Waals surface area contributed by atoms with Gasteiger partial charge in [-0.05, 0) is 100 Å². The number of benzene rings is 1. The molecular formula is C25H35N3O. The SMILES string of the molecule is O=C(CC1CC2CCC(C1)N2)Nc1ccccc1NC12CC3CC(CC(C3)C1)C2. The summed E-state index contributed by atoms with van der Waals surface area (Å²) >= 11 is 0. The van der Waals surface area contributed by atoms with Crippen molar-refractivity contribution in [1.82, 2.24) is 5.32 Å². The second-order valence-corrected chi connectivity index (χ2v) is 11.1. The highest BCUT2D eigenvalue weighted by atomic mass is 16.1. The maximum absolute atomic E-state index is 12.9. The van der Waals surface area contributed by atoms with Gasteiger partial charge in [-0.3, -0.25) is 4.79 Å². The van der Waals surface area contributed by atoms with E-state index < -0.39 is 0 Å². The minimum absolute atomic E-state index is 0.191. The predicted octanol–water partition coefficient (Wildman–Crippen LogP) is 4.93. The summed E-state index contributed by atoms with van der Waals surface area (Å²) in [6.45, 7) is 0. The van der Waals surface area contributed by atoms with Crippen LogP contribution in [0.1, 0.15) is 70.6 Å². The van der Waals surface area contributed by atoms with Crippen molar-refractivity contribution in [3.05, 3.63) is 24.3 Å². The number of amides is 1. The Morgan fingerprint density at radius 3 is 2.10 bits per heavy atom. The van der Waals surface area contributed by atoms with Gasteiger partial charge in [0.25, 0.3) is 0 Å². The van der Waals surface area contributed by atoms with E-state index in [1.54, 1.807) is 0 Å². The van der Waals surface area contributed by atoms with Crippen LogP contribution in [0.3, 0.4) is 0 Å². The number of nitrogens with one attached hydrogen (secondary N) is 3. The quantitative estimate of drug-likeness (QED) is 0.665. The topological polar surface area (TPSA) is 53.2 Å². The second kappa shape index (κ2) is 7.01. The molecule has 1 amide bonds. The minimum Gasteiger partial charge on any atom is -0.378 e. The Morgan fingerprint density at radius 2 is 1.48 bits per heavy atom. The minimum atomic E-state index is 0.191. The summed E-state index contributed by atoms with van der Waals surface area (Å²) in [5, 5.41) is 10.9. The van der Waals surface area contributed by atoms with Crippen molar-refractivity contribution in [2.45, 2.75) is 88.3 Å². The van der Waals surface area contributed by atoms with E-state index in [-0.39, 0.29) is 11.4 Å². The van der Waals surface area contributed by atoms with Crippen LogP contribution in [-0.4, -0.2) is 23.5 Å². The fourth-order valence-electron chi connectivity index (χ4n) is 8.06. The molecule has 6 bridgehead atoms. The summed E-state index contributed by atoms with van der Waals surface area (Å²) in [4.78, 5) is 12.9. The lowest BCUT2D eigenvalue weighted by atomic mass is 9.53. The van der Waals surface area contributed by atoms with Gasteiger partial charge in [0.05, 0.1) is 11.4 Å². The lowest BCUT2D eigenvalue weighted by Crippen LogP contribution is -2.54. The van der Waals surface area contributed by atoms with E-state index in [1.807, 2.05) is 6.07 Å². The average Bonchev–Trinajstić information content (AvgIpc) is 3.00. The molecule has 0 aromatic heterocycles. The number of anilines is 2. The van der Waals surface area contributed by atoms with Crippen LogP contribution >= 0.6 is 0 Å². The molecule has 2 saturated heterocycles. The molecule has 1 aromatic rings. The fourth-order valence-corrected chi connectivity index (χ4v) is 8.06. The van der Waals surface area contributed by atoms with Crippen LogP contribution in [0.2, 0.25) is 0 Å². The van der Waals surface area contributed by atoms with Crippen molar-refractivity contribution < 1.29 is 4.79 Å². The number of fused-ring (bicyclic) bond motifs is 2. The zero-order valence-electron chi connectivity index (χ0n) is 17.5. The Bertz CT molecular complexity index is 743. The molecule has 156 valence electrons. The van der Waals surface area contributed by atoms with Gasteiger partial charge >= 0.3 is 0 Å². The number of carbonyl (C=O) groups excluding carboxylic acids is 1. The third-order valence-corrected chi connectivity index (χ3v) is 8.68. The van der Waals surface area contributed by atoms with Gasteiger partial charge in [-0.15, -0.1) is 0 Å². The maximum Gasteiger partial charge on any atom is 0.224 e. The Hall–Kier alpha value is -1.55. The number of hydrogen-bond acceptors (Lipinski definition) is 3. The lowest BCUT2D eigenvalue weighted by Gasteiger charge is -2.57. The molecule has 2 aliphatic heterocycles. The van der Waals surface area contributed by atoms with Crippen LogP contribution < -0.4 is 16.0 Å². The van der Waals surface area contributed by atoms with E-state index in [0.29, 0.717) is 24.4 Å².